The lowest BCUT2D eigenvalue weighted by Gasteiger charge is -2.33. The normalized spacial score (nSPS) is 19.0. The molecule has 1 aliphatic heterocycles. The maximum Gasteiger partial charge on any atom is 0.132 e. The Bertz CT molecular complexity index is 578. The van der Waals surface area contributed by atoms with E-state index in [9.17, 15) is 0 Å². The summed E-state index contributed by atoms with van der Waals surface area (Å²) in [6.07, 6.45) is 6.27. The summed E-state index contributed by atoms with van der Waals surface area (Å²) in [5.74, 6) is 2.57. The second-order valence-corrected chi connectivity index (χ2v) is 5.83. The number of hydrogen-bond donors (Lipinski definition) is 1. The lowest BCUT2D eigenvalue weighted by atomic mass is 9.95. The van der Waals surface area contributed by atoms with E-state index < -0.39 is 0 Å². The van der Waals surface area contributed by atoms with Crippen molar-refractivity contribution in [2.24, 2.45) is 0 Å². The van der Waals surface area contributed by atoms with Gasteiger partial charge in [-0.25, -0.2) is 9.97 Å². The Morgan fingerprint density at radius 1 is 1.38 bits per heavy atom. The Balaban J connectivity index is 1.79. The average molecular weight is 285 g/mol. The quantitative estimate of drug-likeness (QED) is 0.938. The van der Waals surface area contributed by atoms with Crippen LogP contribution in [0.2, 0.25) is 0 Å². The number of H-pyrrole nitrogens is 1. The highest BCUT2D eigenvalue weighted by atomic mass is 15.2. The number of aryl methyl sites for hydroxylation is 2. The molecule has 0 bridgehead atoms. The van der Waals surface area contributed by atoms with Crippen molar-refractivity contribution in [1.82, 2.24) is 20.2 Å². The zero-order chi connectivity index (χ0) is 14.7. The summed E-state index contributed by atoms with van der Waals surface area (Å²) in [6, 6.07) is 4.19. The van der Waals surface area contributed by atoms with Crippen LogP contribution in [-0.2, 0) is 6.42 Å². The third kappa shape index (κ3) is 3.23. The standard InChI is InChI=1S/C16H23N5/c1-3-5-15-18-12(2)10-16(19-15)21-9-4-6-13(11-21)14-7-8-17-20-14/h7-8,10,13H,3-6,9,11H2,1-2H3,(H,17,20)/t13-/m0/s1. The van der Waals surface area contributed by atoms with E-state index in [1.54, 1.807) is 0 Å². The molecule has 5 heteroatoms. The first-order valence-electron chi connectivity index (χ1n) is 7.85. The molecular weight excluding hydrogens is 262 g/mol. The molecule has 0 radical (unpaired) electrons. The van der Waals surface area contributed by atoms with E-state index in [1.165, 1.54) is 18.5 Å². The molecule has 0 aliphatic carbocycles. The summed E-state index contributed by atoms with van der Waals surface area (Å²) in [6.45, 7) is 6.30. The van der Waals surface area contributed by atoms with Crippen LogP contribution >= 0.6 is 0 Å². The monoisotopic (exact) mass is 285 g/mol. The molecule has 1 N–H and O–H groups in total. The first kappa shape index (κ1) is 14.0. The summed E-state index contributed by atoms with van der Waals surface area (Å²) in [7, 11) is 0. The van der Waals surface area contributed by atoms with Gasteiger partial charge in [-0.2, -0.15) is 5.10 Å². The highest BCUT2D eigenvalue weighted by Crippen LogP contribution is 2.28. The predicted molar refractivity (Wildman–Crippen MR) is 83.5 cm³/mol. The molecule has 3 heterocycles. The van der Waals surface area contributed by atoms with Gasteiger partial charge in [0.1, 0.15) is 11.6 Å². The Labute approximate surface area is 125 Å². The maximum absolute atomic E-state index is 4.75. The van der Waals surface area contributed by atoms with E-state index in [0.29, 0.717) is 5.92 Å². The van der Waals surface area contributed by atoms with E-state index >= 15 is 0 Å². The maximum atomic E-state index is 4.75. The van der Waals surface area contributed by atoms with Crippen molar-refractivity contribution >= 4 is 5.82 Å². The fourth-order valence-electron chi connectivity index (χ4n) is 3.04. The number of rotatable bonds is 4. The number of hydrogen-bond acceptors (Lipinski definition) is 4. The van der Waals surface area contributed by atoms with Crippen molar-refractivity contribution in [3.8, 4) is 0 Å². The summed E-state index contributed by atoms with van der Waals surface area (Å²) in [4.78, 5) is 11.7. The lowest BCUT2D eigenvalue weighted by molar-refractivity contribution is 0.497. The molecule has 2 aromatic rings. The minimum atomic E-state index is 0.520. The molecule has 2 aromatic heterocycles. The first-order chi connectivity index (χ1) is 10.3. The van der Waals surface area contributed by atoms with E-state index in [2.05, 4.69) is 46.1 Å². The number of nitrogens with one attached hydrogen (secondary N) is 1. The molecule has 1 aliphatic rings. The molecule has 0 amide bonds. The van der Waals surface area contributed by atoms with Crippen LogP contribution in [0.5, 0.6) is 0 Å². The number of aromatic amines is 1. The average Bonchev–Trinajstić information content (AvgIpc) is 3.01. The zero-order valence-corrected chi connectivity index (χ0v) is 12.8. The molecule has 0 saturated carbocycles. The van der Waals surface area contributed by atoms with Gasteiger partial charge in [-0.3, -0.25) is 5.10 Å². The van der Waals surface area contributed by atoms with Crippen LogP contribution in [-0.4, -0.2) is 33.3 Å². The van der Waals surface area contributed by atoms with Gasteiger partial charge in [0, 0.05) is 49.1 Å². The van der Waals surface area contributed by atoms with Crippen molar-refractivity contribution in [2.75, 3.05) is 18.0 Å². The molecule has 21 heavy (non-hydrogen) atoms. The van der Waals surface area contributed by atoms with Gasteiger partial charge in [-0.05, 0) is 32.3 Å². The molecule has 0 unspecified atom stereocenters. The highest BCUT2D eigenvalue weighted by Gasteiger charge is 2.23. The van der Waals surface area contributed by atoms with Crippen LogP contribution in [0.15, 0.2) is 18.3 Å². The van der Waals surface area contributed by atoms with E-state index in [1.807, 2.05) is 6.20 Å². The molecule has 1 fully saturated rings. The van der Waals surface area contributed by atoms with Crippen LogP contribution in [0.1, 0.15) is 49.3 Å². The minimum Gasteiger partial charge on any atom is -0.356 e. The number of anilines is 1. The molecule has 0 spiro atoms. The highest BCUT2D eigenvalue weighted by molar-refractivity contribution is 5.41. The van der Waals surface area contributed by atoms with Crippen molar-refractivity contribution in [3.05, 3.63) is 35.5 Å². The summed E-state index contributed by atoms with van der Waals surface area (Å²) >= 11 is 0. The molecule has 5 nitrogen and oxygen atoms in total. The third-order valence-corrected chi connectivity index (χ3v) is 4.07. The second-order valence-electron chi connectivity index (χ2n) is 5.83. The fourth-order valence-corrected chi connectivity index (χ4v) is 3.04. The predicted octanol–water partition coefficient (Wildman–Crippen LogP) is 2.84. The lowest BCUT2D eigenvalue weighted by Crippen LogP contribution is -2.35. The van der Waals surface area contributed by atoms with Crippen LogP contribution in [0.4, 0.5) is 5.82 Å². The smallest absolute Gasteiger partial charge is 0.132 e. The van der Waals surface area contributed by atoms with Crippen LogP contribution < -0.4 is 4.90 Å². The summed E-state index contributed by atoms with van der Waals surface area (Å²) in [5.41, 5.74) is 2.30. The van der Waals surface area contributed by atoms with E-state index in [-0.39, 0.29) is 0 Å². The molecule has 0 aromatic carbocycles. The topological polar surface area (TPSA) is 57.7 Å². The van der Waals surface area contributed by atoms with Gasteiger partial charge in [-0.15, -0.1) is 0 Å². The molecule has 112 valence electrons. The molecule has 1 atom stereocenters. The summed E-state index contributed by atoms with van der Waals surface area (Å²) < 4.78 is 0. The first-order valence-corrected chi connectivity index (χ1v) is 7.85. The number of piperidine rings is 1. The van der Waals surface area contributed by atoms with Crippen LogP contribution in [0.25, 0.3) is 0 Å². The van der Waals surface area contributed by atoms with Gasteiger partial charge in [0.15, 0.2) is 0 Å². The van der Waals surface area contributed by atoms with E-state index in [0.717, 1.165) is 43.3 Å². The third-order valence-electron chi connectivity index (χ3n) is 4.07. The van der Waals surface area contributed by atoms with Gasteiger partial charge in [0.05, 0.1) is 0 Å². The van der Waals surface area contributed by atoms with Gasteiger partial charge >= 0.3 is 0 Å². The Morgan fingerprint density at radius 3 is 3.05 bits per heavy atom. The van der Waals surface area contributed by atoms with Crippen molar-refractivity contribution in [2.45, 2.75) is 45.4 Å². The van der Waals surface area contributed by atoms with Crippen LogP contribution in [0, 0.1) is 6.92 Å². The van der Waals surface area contributed by atoms with Gasteiger partial charge in [-0.1, -0.05) is 6.92 Å². The van der Waals surface area contributed by atoms with Crippen molar-refractivity contribution in [3.63, 3.8) is 0 Å². The molecule has 1 saturated heterocycles. The van der Waals surface area contributed by atoms with Gasteiger partial charge < -0.3 is 4.90 Å². The van der Waals surface area contributed by atoms with Crippen molar-refractivity contribution in [1.29, 1.82) is 0 Å². The zero-order valence-electron chi connectivity index (χ0n) is 12.8. The SMILES string of the molecule is CCCc1nc(C)cc(N2CCC[C@H](c3ccn[nH]3)C2)n1. The van der Waals surface area contributed by atoms with Crippen LogP contribution in [0.3, 0.4) is 0 Å². The largest absolute Gasteiger partial charge is 0.356 e. The molecule has 3 rings (SSSR count). The minimum absolute atomic E-state index is 0.520. The van der Waals surface area contributed by atoms with Gasteiger partial charge in [0.2, 0.25) is 0 Å². The number of nitrogens with zero attached hydrogens (tertiary/aromatic N) is 4. The Kier molecular flexibility index (Phi) is 4.18. The Morgan fingerprint density at radius 2 is 2.29 bits per heavy atom. The van der Waals surface area contributed by atoms with Crippen molar-refractivity contribution < 1.29 is 0 Å². The van der Waals surface area contributed by atoms with E-state index in [4.69, 9.17) is 4.98 Å². The molecular formula is C16H23N5. The number of aromatic nitrogens is 4. The summed E-state index contributed by atoms with van der Waals surface area (Å²) in [5, 5.41) is 7.19. The second kappa shape index (κ2) is 6.24. The Hall–Kier alpha value is -1.91. The van der Waals surface area contributed by atoms with Gasteiger partial charge in [0.25, 0.3) is 0 Å². The fraction of sp³-hybridized carbons (Fsp3) is 0.562.